The molecular formula is C18H28O3. The molecule has 1 heterocycles. The van der Waals surface area contributed by atoms with Crippen LogP contribution in [-0.4, -0.2) is 22.4 Å². The number of fused-ring (bicyclic) bond motifs is 1. The summed E-state index contributed by atoms with van der Waals surface area (Å²) in [5, 5.41) is 20.4. The van der Waals surface area contributed by atoms with Crippen LogP contribution in [0.1, 0.15) is 75.1 Å². The van der Waals surface area contributed by atoms with E-state index >= 15 is 0 Å². The van der Waals surface area contributed by atoms with E-state index in [0.29, 0.717) is 5.75 Å². The first kappa shape index (κ1) is 16.2. The zero-order valence-electron chi connectivity index (χ0n) is 14.1. The fraction of sp³-hybridized carbons (Fsp3) is 0.667. The Morgan fingerprint density at radius 2 is 1.71 bits per heavy atom. The molecule has 0 aliphatic carbocycles. The minimum Gasteiger partial charge on any atom is -0.507 e. The summed E-state index contributed by atoms with van der Waals surface area (Å²) in [5.41, 5.74) is 3.60. The Labute approximate surface area is 128 Å². The number of phenolic OH excluding ortho intramolecular Hbond substituents is 1. The van der Waals surface area contributed by atoms with Crippen molar-refractivity contribution in [3.63, 3.8) is 0 Å². The summed E-state index contributed by atoms with van der Waals surface area (Å²) in [6.07, 6.45) is 1.61. The third-order valence-electron chi connectivity index (χ3n) is 4.60. The van der Waals surface area contributed by atoms with Crippen molar-refractivity contribution in [1.29, 1.82) is 0 Å². The normalized spacial score (nSPS) is 21.6. The van der Waals surface area contributed by atoms with Crippen molar-refractivity contribution in [3.8, 4) is 11.5 Å². The number of aromatic hydroxyl groups is 1. The maximum absolute atomic E-state index is 10.7. The monoisotopic (exact) mass is 292 g/mol. The van der Waals surface area contributed by atoms with Crippen LogP contribution in [-0.2, 0) is 6.42 Å². The van der Waals surface area contributed by atoms with Gasteiger partial charge in [-0.05, 0) is 44.1 Å². The lowest BCUT2D eigenvalue weighted by Crippen LogP contribution is -2.40. The van der Waals surface area contributed by atoms with Crippen molar-refractivity contribution in [1.82, 2.24) is 0 Å². The van der Waals surface area contributed by atoms with Gasteiger partial charge in [0.2, 0.25) is 0 Å². The second-order valence-corrected chi connectivity index (χ2v) is 7.13. The van der Waals surface area contributed by atoms with E-state index in [4.69, 9.17) is 4.74 Å². The molecule has 0 aromatic heterocycles. The Kier molecular flexibility index (Phi) is 4.25. The van der Waals surface area contributed by atoms with Crippen molar-refractivity contribution >= 4 is 0 Å². The molecule has 2 N–H and O–H groups in total. The van der Waals surface area contributed by atoms with Crippen LogP contribution in [0.3, 0.4) is 0 Å². The van der Waals surface area contributed by atoms with Gasteiger partial charge in [-0.25, -0.2) is 0 Å². The topological polar surface area (TPSA) is 49.7 Å². The highest BCUT2D eigenvalue weighted by molar-refractivity contribution is 5.61. The van der Waals surface area contributed by atoms with E-state index in [0.717, 1.165) is 40.8 Å². The van der Waals surface area contributed by atoms with Gasteiger partial charge in [0.1, 0.15) is 17.1 Å². The minimum atomic E-state index is -0.517. The number of benzene rings is 1. The van der Waals surface area contributed by atoms with Crippen molar-refractivity contribution in [3.05, 3.63) is 22.3 Å². The number of ether oxygens (including phenoxy) is 1. The van der Waals surface area contributed by atoms with E-state index in [-0.39, 0.29) is 18.4 Å². The number of hydrogen-bond donors (Lipinski definition) is 2. The van der Waals surface area contributed by atoms with Gasteiger partial charge in [0.15, 0.2) is 0 Å². The van der Waals surface area contributed by atoms with Crippen LogP contribution in [0.15, 0.2) is 0 Å². The molecule has 118 valence electrons. The Hall–Kier alpha value is -1.22. The first-order valence-corrected chi connectivity index (χ1v) is 7.90. The van der Waals surface area contributed by atoms with Crippen molar-refractivity contribution in [2.24, 2.45) is 0 Å². The molecule has 1 aromatic carbocycles. The minimum absolute atomic E-state index is 0.0147. The van der Waals surface area contributed by atoms with Crippen LogP contribution in [0.4, 0.5) is 0 Å². The van der Waals surface area contributed by atoms with Crippen molar-refractivity contribution in [2.75, 3.05) is 6.61 Å². The number of aliphatic hydroxyl groups is 1. The first-order chi connectivity index (χ1) is 9.72. The summed E-state index contributed by atoms with van der Waals surface area (Å²) in [6.45, 7) is 12.4. The van der Waals surface area contributed by atoms with Gasteiger partial charge in [-0.2, -0.15) is 0 Å². The predicted molar refractivity (Wildman–Crippen MR) is 85.5 cm³/mol. The van der Waals surface area contributed by atoms with E-state index in [1.807, 2.05) is 13.8 Å². The SMILES string of the molecule is Cc1c2c(c(C(C)C)c(O)c1C(C)C)CCC(C)(CO)O2. The van der Waals surface area contributed by atoms with Crippen molar-refractivity contribution in [2.45, 2.75) is 71.8 Å². The Morgan fingerprint density at radius 1 is 1.14 bits per heavy atom. The molecule has 2 rings (SSSR count). The molecule has 3 heteroatoms. The maximum Gasteiger partial charge on any atom is 0.129 e. The van der Waals surface area contributed by atoms with E-state index in [9.17, 15) is 10.2 Å². The smallest absolute Gasteiger partial charge is 0.129 e. The number of phenols is 1. The number of rotatable bonds is 3. The summed E-state index contributed by atoms with van der Waals surface area (Å²) in [6, 6.07) is 0. The number of hydrogen-bond acceptors (Lipinski definition) is 3. The quantitative estimate of drug-likeness (QED) is 0.884. The predicted octanol–water partition coefficient (Wildman–Crippen LogP) is 4.02. The Balaban J connectivity index is 2.72. The standard InChI is InChI=1S/C18H28O3/c1-10(2)14-12(5)17-13(15(11(3)4)16(14)20)7-8-18(6,9-19)21-17/h10-11,19-20H,7-9H2,1-6H3. The van der Waals surface area contributed by atoms with Gasteiger partial charge in [-0.1, -0.05) is 27.7 Å². The van der Waals surface area contributed by atoms with E-state index < -0.39 is 5.60 Å². The third-order valence-corrected chi connectivity index (χ3v) is 4.60. The molecule has 0 radical (unpaired) electrons. The second-order valence-electron chi connectivity index (χ2n) is 7.13. The average Bonchev–Trinajstić information content (AvgIpc) is 2.39. The van der Waals surface area contributed by atoms with Crippen LogP contribution < -0.4 is 4.74 Å². The Morgan fingerprint density at radius 3 is 2.19 bits per heavy atom. The molecule has 21 heavy (non-hydrogen) atoms. The lowest BCUT2D eigenvalue weighted by molar-refractivity contribution is 0.00703. The van der Waals surface area contributed by atoms with Gasteiger partial charge in [-0.3, -0.25) is 0 Å². The molecule has 0 saturated carbocycles. The molecular weight excluding hydrogens is 264 g/mol. The fourth-order valence-corrected chi connectivity index (χ4v) is 3.45. The summed E-state index contributed by atoms with van der Waals surface area (Å²) in [5.74, 6) is 1.80. The first-order valence-electron chi connectivity index (χ1n) is 7.90. The zero-order chi connectivity index (χ0) is 15.9. The van der Waals surface area contributed by atoms with Crippen LogP contribution in [0.25, 0.3) is 0 Å². The van der Waals surface area contributed by atoms with Gasteiger partial charge in [-0.15, -0.1) is 0 Å². The molecule has 0 amide bonds. The lowest BCUT2D eigenvalue weighted by Gasteiger charge is -2.38. The van der Waals surface area contributed by atoms with Gasteiger partial charge < -0.3 is 14.9 Å². The highest BCUT2D eigenvalue weighted by Crippen LogP contribution is 2.48. The molecule has 1 unspecified atom stereocenters. The fourth-order valence-electron chi connectivity index (χ4n) is 3.45. The highest BCUT2D eigenvalue weighted by atomic mass is 16.5. The second kappa shape index (κ2) is 5.53. The molecule has 1 atom stereocenters. The number of aliphatic hydroxyl groups excluding tert-OH is 1. The molecule has 0 bridgehead atoms. The molecule has 0 saturated heterocycles. The van der Waals surface area contributed by atoms with E-state index in [1.54, 1.807) is 0 Å². The molecule has 3 nitrogen and oxygen atoms in total. The zero-order valence-corrected chi connectivity index (χ0v) is 14.1. The van der Waals surface area contributed by atoms with Crippen LogP contribution >= 0.6 is 0 Å². The lowest BCUT2D eigenvalue weighted by atomic mass is 9.81. The molecule has 0 spiro atoms. The van der Waals surface area contributed by atoms with Crippen LogP contribution in [0, 0.1) is 6.92 Å². The summed E-state index contributed by atoms with van der Waals surface area (Å²) >= 11 is 0. The third kappa shape index (κ3) is 2.64. The van der Waals surface area contributed by atoms with Gasteiger partial charge in [0, 0.05) is 16.7 Å². The summed E-state index contributed by atoms with van der Waals surface area (Å²) in [7, 11) is 0. The van der Waals surface area contributed by atoms with E-state index in [1.165, 1.54) is 0 Å². The highest BCUT2D eigenvalue weighted by Gasteiger charge is 2.36. The molecule has 1 aliphatic heterocycles. The molecule has 1 aliphatic rings. The Bertz CT molecular complexity index is 546. The largest absolute Gasteiger partial charge is 0.507 e. The van der Waals surface area contributed by atoms with Crippen LogP contribution in [0.5, 0.6) is 11.5 Å². The van der Waals surface area contributed by atoms with Crippen LogP contribution in [0.2, 0.25) is 0 Å². The summed E-state index contributed by atoms with van der Waals surface area (Å²) < 4.78 is 6.17. The molecule has 1 aromatic rings. The van der Waals surface area contributed by atoms with Crippen molar-refractivity contribution < 1.29 is 14.9 Å². The van der Waals surface area contributed by atoms with Gasteiger partial charge in [0.05, 0.1) is 6.61 Å². The average molecular weight is 292 g/mol. The van der Waals surface area contributed by atoms with Gasteiger partial charge >= 0.3 is 0 Å². The molecule has 0 fully saturated rings. The summed E-state index contributed by atoms with van der Waals surface area (Å²) in [4.78, 5) is 0. The van der Waals surface area contributed by atoms with Gasteiger partial charge in [0.25, 0.3) is 0 Å². The van der Waals surface area contributed by atoms with E-state index in [2.05, 4.69) is 27.7 Å². The maximum atomic E-state index is 10.7.